The van der Waals surface area contributed by atoms with Gasteiger partial charge in [0.05, 0.1) is 12.8 Å². The molecule has 2 aliphatic rings. The molecule has 33 heavy (non-hydrogen) atoms. The molecule has 1 aromatic heterocycles. The second-order valence-corrected chi connectivity index (χ2v) is 10.2. The Labute approximate surface area is 193 Å². The zero-order valence-electron chi connectivity index (χ0n) is 18.5. The normalized spacial score (nSPS) is 16.6. The highest BCUT2D eigenvalue weighted by Gasteiger charge is 2.30. The van der Waals surface area contributed by atoms with Crippen LogP contribution >= 0.6 is 0 Å². The van der Waals surface area contributed by atoms with Crippen molar-refractivity contribution in [3.63, 3.8) is 0 Å². The number of aromatic nitrogens is 2. The molecule has 5 rings (SSSR count). The number of amides is 1. The minimum absolute atomic E-state index is 0.119. The van der Waals surface area contributed by atoms with E-state index in [0.717, 1.165) is 36.9 Å². The molecule has 3 heterocycles. The molecular formula is C24H26N4O4S. The third-order valence-corrected chi connectivity index (χ3v) is 8.25. The number of fused-ring (bicyclic) bond motifs is 1. The van der Waals surface area contributed by atoms with Crippen LogP contribution in [0.3, 0.4) is 0 Å². The number of nitrogens with one attached hydrogen (secondary N) is 1. The molecule has 1 N–H and O–H groups in total. The van der Waals surface area contributed by atoms with E-state index in [1.807, 2.05) is 24.3 Å². The number of ether oxygens (including phenoxy) is 1. The van der Waals surface area contributed by atoms with E-state index in [1.165, 1.54) is 11.4 Å². The third-order valence-electron chi connectivity index (χ3n) is 6.33. The summed E-state index contributed by atoms with van der Waals surface area (Å²) in [6.45, 7) is 1.63. The number of carbonyl (C=O) groups excluding carboxylic acids is 1. The molecule has 2 aromatic carbocycles. The van der Waals surface area contributed by atoms with E-state index in [0.29, 0.717) is 42.3 Å². The van der Waals surface area contributed by atoms with Crippen molar-refractivity contribution in [2.45, 2.75) is 30.6 Å². The van der Waals surface area contributed by atoms with Gasteiger partial charge in [-0.2, -0.15) is 9.40 Å². The number of methoxy groups -OCH3 is 1. The first-order valence-corrected chi connectivity index (χ1v) is 12.6. The number of benzene rings is 2. The van der Waals surface area contributed by atoms with E-state index in [9.17, 15) is 13.2 Å². The summed E-state index contributed by atoms with van der Waals surface area (Å²) < 4.78 is 33.5. The molecule has 172 valence electrons. The molecule has 0 atom stereocenters. The number of nitrogens with zero attached hydrogens (tertiary/aromatic N) is 3. The predicted molar refractivity (Wildman–Crippen MR) is 125 cm³/mol. The van der Waals surface area contributed by atoms with Gasteiger partial charge in [0.1, 0.15) is 16.3 Å². The number of rotatable bonds is 5. The van der Waals surface area contributed by atoms with E-state index >= 15 is 0 Å². The summed E-state index contributed by atoms with van der Waals surface area (Å²) in [5, 5.41) is 7.13. The maximum atomic E-state index is 13.3. The van der Waals surface area contributed by atoms with Crippen LogP contribution in [0.2, 0.25) is 0 Å². The highest BCUT2D eigenvalue weighted by Crippen LogP contribution is 2.33. The lowest BCUT2D eigenvalue weighted by molar-refractivity contribution is 0.0984. The molecule has 2 aliphatic heterocycles. The van der Waals surface area contributed by atoms with E-state index in [1.54, 1.807) is 29.2 Å². The molecule has 0 spiro atoms. The van der Waals surface area contributed by atoms with Crippen LogP contribution in [0.1, 0.15) is 35.3 Å². The number of piperidine rings is 1. The van der Waals surface area contributed by atoms with Gasteiger partial charge >= 0.3 is 0 Å². The Kier molecular flexibility index (Phi) is 5.67. The largest absolute Gasteiger partial charge is 0.495 e. The van der Waals surface area contributed by atoms with Crippen molar-refractivity contribution in [3.05, 3.63) is 59.8 Å². The quantitative estimate of drug-likeness (QED) is 0.621. The van der Waals surface area contributed by atoms with Gasteiger partial charge in [-0.15, -0.1) is 0 Å². The Balaban J connectivity index is 1.45. The first-order chi connectivity index (χ1) is 16.0. The second kappa shape index (κ2) is 8.64. The lowest BCUT2D eigenvalue weighted by atomic mass is 10.1. The summed E-state index contributed by atoms with van der Waals surface area (Å²) in [5.41, 5.74) is 3.52. The van der Waals surface area contributed by atoms with Crippen molar-refractivity contribution < 1.29 is 17.9 Å². The summed E-state index contributed by atoms with van der Waals surface area (Å²) in [6, 6.07) is 14.5. The molecule has 3 aromatic rings. The summed E-state index contributed by atoms with van der Waals surface area (Å²) >= 11 is 0. The molecule has 9 heteroatoms. The highest BCUT2D eigenvalue weighted by atomic mass is 32.2. The number of hydrogen-bond donors (Lipinski definition) is 1. The Morgan fingerprint density at radius 2 is 1.82 bits per heavy atom. The molecule has 1 fully saturated rings. The zero-order chi connectivity index (χ0) is 23.0. The number of carbonyl (C=O) groups is 1. The number of hydrogen-bond acceptors (Lipinski definition) is 5. The highest BCUT2D eigenvalue weighted by molar-refractivity contribution is 7.89. The van der Waals surface area contributed by atoms with Gasteiger partial charge in [0, 0.05) is 30.9 Å². The number of sulfonamides is 1. The van der Waals surface area contributed by atoms with Gasteiger partial charge < -0.3 is 9.64 Å². The van der Waals surface area contributed by atoms with Crippen molar-refractivity contribution in [3.8, 4) is 17.0 Å². The van der Waals surface area contributed by atoms with Crippen LogP contribution < -0.4 is 9.64 Å². The number of aromatic amines is 1. The summed E-state index contributed by atoms with van der Waals surface area (Å²) in [5.74, 6) is 0.137. The van der Waals surface area contributed by atoms with Crippen LogP contribution in [-0.2, 0) is 16.4 Å². The smallest absolute Gasteiger partial charge is 0.276 e. The average Bonchev–Trinajstić information content (AvgIpc) is 3.52. The Morgan fingerprint density at radius 1 is 1.03 bits per heavy atom. The molecule has 1 amide bonds. The lowest BCUT2D eigenvalue weighted by Crippen LogP contribution is -2.35. The van der Waals surface area contributed by atoms with Crippen molar-refractivity contribution >= 4 is 21.6 Å². The van der Waals surface area contributed by atoms with Crippen LogP contribution in [0.5, 0.6) is 5.75 Å². The molecule has 0 bridgehead atoms. The first kappa shape index (κ1) is 21.7. The fourth-order valence-electron chi connectivity index (χ4n) is 4.56. The molecule has 0 saturated carbocycles. The van der Waals surface area contributed by atoms with E-state index in [2.05, 4.69) is 10.2 Å². The third kappa shape index (κ3) is 3.91. The van der Waals surface area contributed by atoms with Crippen molar-refractivity contribution in [1.82, 2.24) is 14.5 Å². The van der Waals surface area contributed by atoms with Crippen molar-refractivity contribution in [1.29, 1.82) is 0 Å². The minimum Gasteiger partial charge on any atom is -0.495 e. The van der Waals surface area contributed by atoms with Crippen LogP contribution in [0.15, 0.2) is 53.4 Å². The fourth-order valence-corrected chi connectivity index (χ4v) is 6.25. The van der Waals surface area contributed by atoms with Crippen LogP contribution in [-0.4, -0.2) is 55.6 Å². The predicted octanol–water partition coefficient (Wildman–Crippen LogP) is 3.46. The lowest BCUT2D eigenvalue weighted by Gasteiger charge is -2.26. The first-order valence-electron chi connectivity index (χ1n) is 11.1. The Bertz CT molecular complexity index is 1300. The number of H-pyrrole nitrogens is 1. The maximum absolute atomic E-state index is 13.3. The molecular weight excluding hydrogens is 440 g/mol. The van der Waals surface area contributed by atoms with Gasteiger partial charge in [-0.25, -0.2) is 8.42 Å². The zero-order valence-corrected chi connectivity index (χ0v) is 19.3. The van der Waals surface area contributed by atoms with Crippen LogP contribution in [0.25, 0.3) is 11.3 Å². The topological polar surface area (TPSA) is 95.6 Å². The van der Waals surface area contributed by atoms with Crippen LogP contribution in [0.4, 0.5) is 5.69 Å². The summed E-state index contributed by atoms with van der Waals surface area (Å²) in [4.78, 5) is 15.0. The summed E-state index contributed by atoms with van der Waals surface area (Å²) in [6.07, 6.45) is 3.56. The average molecular weight is 467 g/mol. The molecule has 1 saturated heterocycles. The van der Waals surface area contributed by atoms with Gasteiger partial charge in [0.2, 0.25) is 10.0 Å². The molecule has 0 unspecified atom stereocenters. The van der Waals surface area contributed by atoms with E-state index in [-0.39, 0.29) is 10.8 Å². The monoisotopic (exact) mass is 466 g/mol. The summed E-state index contributed by atoms with van der Waals surface area (Å²) in [7, 11) is -2.23. The van der Waals surface area contributed by atoms with Gasteiger partial charge in [0.15, 0.2) is 0 Å². The maximum Gasteiger partial charge on any atom is 0.276 e. The molecule has 0 aliphatic carbocycles. The Hall–Kier alpha value is -3.17. The standard InChI is InChI=1S/C24H26N4O4S/c1-32-22-10-9-18(15-23(22)33(30,31)27-12-5-2-6-13-27)19-16-20(26-25-19)24(29)28-14-11-17-7-3-4-8-21(17)28/h3-4,7-10,15-16H,2,5-6,11-14H2,1H3,(H,25,26). The van der Waals surface area contributed by atoms with Crippen molar-refractivity contribution in [2.24, 2.45) is 0 Å². The molecule has 0 radical (unpaired) electrons. The Morgan fingerprint density at radius 3 is 2.61 bits per heavy atom. The van der Waals surface area contributed by atoms with E-state index in [4.69, 9.17) is 4.74 Å². The number of anilines is 1. The second-order valence-electron chi connectivity index (χ2n) is 8.33. The van der Waals surface area contributed by atoms with Crippen LogP contribution in [0, 0.1) is 0 Å². The fraction of sp³-hybridized carbons (Fsp3) is 0.333. The molecule has 8 nitrogen and oxygen atoms in total. The van der Waals surface area contributed by atoms with Crippen molar-refractivity contribution in [2.75, 3.05) is 31.6 Å². The van der Waals surface area contributed by atoms with Gasteiger partial charge in [0.25, 0.3) is 5.91 Å². The number of para-hydroxylation sites is 1. The van der Waals surface area contributed by atoms with Gasteiger partial charge in [-0.1, -0.05) is 24.6 Å². The van der Waals surface area contributed by atoms with E-state index < -0.39 is 10.0 Å². The minimum atomic E-state index is -3.70. The van der Waals surface area contributed by atoms with Gasteiger partial charge in [-0.3, -0.25) is 9.89 Å². The van der Waals surface area contributed by atoms with Gasteiger partial charge in [-0.05, 0) is 55.2 Å². The SMILES string of the molecule is COc1ccc(-c2cc(C(=O)N3CCc4ccccc43)[nH]n2)cc1S(=O)(=O)N1CCCCC1.